The summed E-state index contributed by atoms with van der Waals surface area (Å²) >= 11 is 0. The van der Waals surface area contributed by atoms with Crippen LogP contribution in [0.2, 0.25) is 0 Å². The highest BCUT2D eigenvalue weighted by Gasteiger charge is 2.58. The highest BCUT2D eigenvalue weighted by atomic mass is 16.3. The van der Waals surface area contributed by atoms with E-state index < -0.39 is 0 Å². The first-order valence-corrected chi connectivity index (χ1v) is 7.23. The number of aliphatic hydroxyl groups excluding tert-OH is 1. The lowest BCUT2D eigenvalue weighted by molar-refractivity contribution is -0.135. The van der Waals surface area contributed by atoms with Crippen LogP contribution in [0.3, 0.4) is 0 Å². The molecule has 0 aromatic heterocycles. The van der Waals surface area contributed by atoms with Crippen molar-refractivity contribution in [3.8, 4) is 0 Å². The molecule has 0 radical (unpaired) electrons. The third-order valence-corrected chi connectivity index (χ3v) is 4.55. The van der Waals surface area contributed by atoms with Crippen molar-refractivity contribution in [3.05, 3.63) is 0 Å². The molecule has 2 rings (SSSR count). The fraction of sp³-hybridized carbons (Fsp3) is 0.929. The van der Waals surface area contributed by atoms with E-state index in [1.54, 1.807) is 0 Å². The number of carbonyl (C=O) groups excluding carboxylic acids is 1. The molecule has 0 aromatic rings. The zero-order valence-corrected chi connectivity index (χ0v) is 11.6. The Labute approximate surface area is 110 Å². The Morgan fingerprint density at radius 2 is 2.11 bits per heavy atom. The first-order valence-electron chi connectivity index (χ1n) is 7.23. The van der Waals surface area contributed by atoms with E-state index in [-0.39, 0.29) is 18.6 Å². The van der Waals surface area contributed by atoms with Crippen molar-refractivity contribution < 1.29 is 9.90 Å². The van der Waals surface area contributed by atoms with Crippen molar-refractivity contribution in [2.24, 2.45) is 11.3 Å². The van der Waals surface area contributed by atoms with Gasteiger partial charge in [-0.3, -0.25) is 4.79 Å². The maximum absolute atomic E-state index is 12.6. The lowest BCUT2D eigenvalue weighted by Crippen LogP contribution is -2.41. The maximum Gasteiger partial charge on any atom is 0.226 e. The molecule has 1 saturated carbocycles. The zero-order chi connectivity index (χ0) is 13.2. The standard InChI is InChI=1S/C14H26N2O2/c1-11(2)16(8-3-9-17)13(18)12-10-14(12)4-6-15-7-5-14/h11-12,15,17H,3-10H2,1-2H3. The van der Waals surface area contributed by atoms with Crippen LogP contribution < -0.4 is 5.32 Å². The van der Waals surface area contributed by atoms with Crippen LogP contribution in [0.15, 0.2) is 0 Å². The van der Waals surface area contributed by atoms with Crippen LogP contribution in [0.5, 0.6) is 0 Å². The summed E-state index contributed by atoms with van der Waals surface area (Å²) in [6, 6.07) is 0.239. The average Bonchev–Trinajstić information content (AvgIpc) is 3.03. The van der Waals surface area contributed by atoms with E-state index in [1.165, 1.54) is 0 Å². The number of hydrogen-bond acceptors (Lipinski definition) is 3. The molecular formula is C14H26N2O2. The van der Waals surface area contributed by atoms with E-state index in [0.717, 1.165) is 32.4 Å². The molecule has 1 amide bonds. The van der Waals surface area contributed by atoms with E-state index >= 15 is 0 Å². The van der Waals surface area contributed by atoms with E-state index in [1.807, 2.05) is 4.90 Å². The van der Waals surface area contributed by atoms with Gasteiger partial charge in [0, 0.05) is 25.1 Å². The third-order valence-electron chi connectivity index (χ3n) is 4.55. The van der Waals surface area contributed by atoms with E-state index in [9.17, 15) is 4.79 Å². The molecule has 2 aliphatic rings. The van der Waals surface area contributed by atoms with Crippen LogP contribution >= 0.6 is 0 Å². The summed E-state index contributed by atoms with van der Waals surface area (Å²) in [5, 5.41) is 12.3. The molecule has 1 saturated heterocycles. The summed E-state index contributed by atoms with van der Waals surface area (Å²) in [4.78, 5) is 14.5. The number of nitrogens with one attached hydrogen (secondary N) is 1. The maximum atomic E-state index is 12.6. The van der Waals surface area contributed by atoms with Crippen molar-refractivity contribution in [2.45, 2.75) is 45.6 Å². The number of rotatable bonds is 5. The Morgan fingerprint density at radius 3 is 2.67 bits per heavy atom. The Kier molecular flexibility index (Phi) is 4.28. The third kappa shape index (κ3) is 2.69. The molecule has 104 valence electrons. The van der Waals surface area contributed by atoms with Crippen molar-refractivity contribution in [3.63, 3.8) is 0 Å². The molecular weight excluding hydrogens is 228 g/mol. The summed E-state index contributed by atoms with van der Waals surface area (Å²) in [5.41, 5.74) is 0.314. The first-order chi connectivity index (χ1) is 8.60. The van der Waals surface area contributed by atoms with Crippen molar-refractivity contribution in [1.82, 2.24) is 10.2 Å². The molecule has 1 unspecified atom stereocenters. The van der Waals surface area contributed by atoms with E-state index in [4.69, 9.17) is 5.11 Å². The molecule has 4 nitrogen and oxygen atoms in total. The highest BCUT2D eigenvalue weighted by Crippen LogP contribution is 2.59. The highest BCUT2D eigenvalue weighted by molar-refractivity contribution is 5.83. The van der Waals surface area contributed by atoms with Crippen molar-refractivity contribution in [1.29, 1.82) is 0 Å². The second kappa shape index (κ2) is 5.57. The largest absolute Gasteiger partial charge is 0.396 e. The van der Waals surface area contributed by atoms with Crippen molar-refractivity contribution in [2.75, 3.05) is 26.2 Å². The van der Waals surface area contributed by atoms with E-state index in [0.29, 0.717) is 24.3 Å². The molecule has 1 aliphatic heterocycles. The second-order valence-corrected chi connectivity index (χ2v) is 6.07. The SMILES string of the molecule is CC(C)N(CCCO)C(=O)C1CC12CCNCC2. The smallest absolute Gasteiger partial charge is 0.226 e. The quantitative estimate of drug-likeness (QED) is 0.769. The van der Waals surface area contributed by atoms with Gasteiger partial charge in [0.2, 0.25) is 5.91 Å². The Morgan fingerprint density at radius 1 is 1.44 bits per heavy atom. The number of amides is 1. The minimum absolute atomic E-state index is 0.163. The summed E-state index contributed by atoms with van der Waals surface area (Å²) in [6.07, 6.45) is 4.06. The molecule has 0 bridgehead atoms. The average molecular weight is 254 g/mol. The van der Waals surface area contributed by atoms with Gasteiger partial charge >= 0.3 is 0 Å². The van der Waals surface area contributed by atoms with Gasteiger partial charge in [-0.15, -0.1) is 0 Å². The van der Waals surface area contributed by atoms with Gasteiger partial charge in [0.15, 0.2) is 0 Å². The monoisotopic (exact) mass is 254 g/mol. The molecule has 1 heterocycles. The summed E-state index contributed by atoms with van der Waals surface area (Å²) in [5.74, 6) is 0.570. The van der Waals surface area contributed by atoms with Gasteiger partial charge in [-0.1, -0.05) is 0 Å². The van der Waals surface area contributed by atoms with Crippen LogP contribution in [-0.4, -0.2) is 48.2 Å². The number of nitrogens with zero attached hydrogens (tertiary/aromatic N) is 1. The summed E-state index contributed by atoms with van der Waals surface area (Å²) in [7, 11) is 0. The van der Waals surface area contributed by atoms with Gasteiger partial charge in [-0.25, -0.2) is 0 Å². The fourth-order valence-electron chi connectivity index (χ4n) is 3.24. The number of hydrogen-bond donors (Lipinski definition) is 2. The lowest BCUT2D eigenvalue weighted by atomic mass is 9.91. The molecule has 0 aromatic carbocycles. The van der Waals surface area contributed by atoms with Gasteiger partial charge in [-0.05, 0) is 58.0 Å². The topological polar surface area (TPSA) is 52.6 Å². The number of carbonyl (C=O) groups is 1. The van der Waals surface area contributed by atoms with Crippen LogP contribution in [0.1, 0.15) is 39.5 Å². The molecule has 2 N–H and O–H groups in total. The first kappa shape index (κ1) is 13.8. The van der Waals surface area contributed by atoms with Crippen LogP contribution in [0.4, 0.5) is 0 Å². The number of aliphatic hydroxyl groups is 1. The van der Waals surface area contributed by atoms with Crippen LogP contribution in [0.25, 0.3) is 0 Å². The summed E-state index contributed by atoms with van der Waals surface area (Å²) in [6.45, 7) is 7.10. The molecule has 1 atom stereocenters. The van der Waals surface area contributed by atoms with Crippen LogP contribution in [0, 0.1) is 11.3 Å². The molecule has 18 heavy (non-hydrogen) atoms. The molecule has 1 spiro atoms. The van der Waals surface area contributed by atoms with Crippen molar-refractivity contribution >= 4 is 5.91 Å². The predicted molar refractivity (Wildman–Crippen MR) is 71.2 cm³/mol. The Balaban J connectivity index is 1.93. The molecule has 1 aliphatic carbocycles. The van der Waals surface area contributed by atoms with E-state index in [2.05, 4.69) is 19.2 Å². The minimum Gasteiger partial charge on any atom is -0.396 e. The van der Waals surface area contributed by atoms with Gasteiger partial charge in [0.25, 0.3) is 0 Å². The van der Waals surface area contributed by atoms with Gasteiger partial charge in [0.05, 0.1) is 0 Å². The lowest BCUT2D eigenvalue weighted by Gasteiger charge is -2.29. The Bertz CT molecular complexity index is 298. The minimum atomic E-state index is 0.163. The van der Waals surface area contributed by atoms with Gasteiger partial charge < -0.3 is 15.3 Å². The second-order valence-electron chi connectivity index (χ2n) is 6.07. The Hall–Kier alpha value is -0.610. The predicted octanol–water partition coefficient (Wildman–Crippen LogP) is 0.995. The van der Waals surface area contributed by atoms with Gasteiger partial charge in [0.1, 0.15) is 0 Å². The van der Waals surface area contributed by atoms with Crippen LogP contribution in [-0.2, 0) is 4.79 Å². The molecule has 4 heteroatoms. The number of piperidine rings is 1. The van der Waals surface area contributed by atoms with Gasteiger partial charge in [-0.2, -0.15) is 0 Å². The zero-order valence-electron chi connectivity index (χ0n) is 11.6. The molecule has 2 fully saturated rings. The summed E-state index contributed by atoms with van der Waals surface area (Å²) < 4.78 is 0. The fourth-order valence-corrected chi connectivity index (χ4v) is 3.24. The normalized spacial score (nSPS) is 25.4.